The summed E-state index contributed by atoms with van der Waals surface area (Å²) < 4.78 is 66.3. The van der Waals surface area contributed by atoms with Crippen molar-refractivity contribution in [2.75, 3.05) is 13.7 Å². The first-order valence-electron chi connectivity index (χ1n) is 11.5. The lowest BCUT2D eigenvalue weighted by Crippen LogP contribution is -2.55. The first-order chi connectivity index (χ1) is 18.0. The van der Waals surface area contributed by atoms with Gasteiger partial charge in [0.1, 0.15) is 17.1 Å². The van der Waals surface area contributed by atoms with Crippen LogP contribution in [0.25, 0.3) is 0 Å². The highest BCUT2D eigenvalue weighted by atomic mass is 19.4. The average molecular weight is 533 g/mol. The van der Waals surface area contributed by atoms with Crippen molar-refractivity contribution in [1.29, 1.82) is 0 Å². The molecule has 0 spiro atoms. The molecule has 1 aliphatic rings. The van der Waals surface area contributed by atoms with Crippen LogP contribution in [-0.4, -0.2) is 42.6 Å². The first kappa shape index (κ1) is 26.8. The number of methoxy groups -OCH3 is 1. The fourth-order valence-corrected chi connectivity index (χ4v) is 4.34. The third kappa shape index (κ3) is 5.99. The van der Waals surface area contributed by atoms with Crippen LogP contribution >= 0.6 is 0 Å². The molecular formula is C27H23F4NO6. The van der Waals surface area contributed by atoms with Crippen LogP contribution in [0.4, 0.5) is 17.6 Å². The van der Waals surface area contributed by atoms with E-state index in [0.717, 1.165) is 29.3 Å². The van der Waals surface area contributed by atoms with E-state index in [1.807, 2.05) is 12.1 Å². The van der Waals surface area contributed by atoms with Gasteiger partial charge in [-0.3, -0.25) is 4.79 Å². The summed E-state index contributed by atoms with van der Waals surface area (Å²) in [5.74, 6) is -2.74. The number of fused-ring (bicyclic) bond motifs is 1. The van der Waals surface area contributed by atoms with Crippen molar-refractivity contribution >= 4 is 11.9 Å². The van der Waals surface area contributed by atoms with Crippen LogP contribution < -0.4 is 19.5 Å². The number of amides is 1. The van der Waals surface area contributed by atoms with Gasteiger partial charge >= 0.3 is 12.3 Å². The van der Waals surface area contributed by atoms with Crippen molar-refractivity contribution in [1.82, 2.24) is 5.32 Å². The minimum atomic E-state index is -4.92. The molecule has 0 heterocycles. The second-order valence-corrected chi connectivity index (χ2v) is 8.73. The van der Waals surface area contributed by atoms with E-state index >= 15 is 0 Å². The van der Waals surface area contributed by atoms with Crippen molar-refractivity contribution in [2.45, 2.75) is 31.2 Å². The van der Waals surface area contributed by atoms with Gasteiger partial charge in [0.05, 0.1) is 13.7 Å². The summed E-state index contributed by atoms with van der Waals surface area (Å²) in [7, 11) is 1.37. The molecule has 0 bridgehead atoms. The molecule has 1 aliphatic carbocycles. The van der Waals surface area contributed by atoms with Crippen LogP contribution in [0, 0.1) is 5.82 Å². The number of benzene rings is 3. The number of ether oxygens (including phenoxy) is 3. The Hall–Kier alpha value is -4.28. The molecule has 0 unspecified atom stereocenters. The summed E-state index contributed by atoms with van der Waals surface area (Å²) in [5.41, 5.74) is 0.202. The van der Waals surface area contributed by atoms with Crippen molar-refractivity contribution in [2.24, 2.45) is 0 Å². The highest BCUT2D eigenvalue weighted by Gasteiger charge is 2.45. The fourth-order valence-electron chi connectivity index (χ4n) is 4.34. The standard InChI is InChI=1S/C27H23F4NO6/c1-36-22-9-6-17(24(33)32-26(25(34)35)14-18-4-2-3-5-19(18)15-26)13-23(22)37-11-10-16-12-20(7-8-21(16)28)38-27(29,30)31/h2-9,12-13H,10-11,14-15H2,1H3,(H,32,33)(H,34,35). The van der Waals surface area contributed by atoms with Gasteiger partial charge in [-0.15, -0.1) is 13.2 Å². The van der Waals surface area contributed by atoms with E-state index in [-0.39, 0.29) is 48.5 Å². The smallest absolute Gasteiger partial charge is 0.493 e. The van der Waals surface area contributed by atoms with Gasteiger partial charge in [-0.25, -0.2) is 9.18 Å². The monoisotopic (exact) mass is 533 g/mol. The molecule has 200 valence electrons. The number of hydrogen-bond acceptors (Lipinski definition) is 5. The zero-order valence-corrected chi connectivity index (χ0v) is 20.1. The van der Waals surface area contributed by atoms with Gasteiger partial charge in [0, 0.05) is 24.8 Å². The third-order valence-corrected chi connectivity index (χ3v) is 6.17. The Morgan fingerprint density at radius 1 is 1.00 bits per heavy atom. The van der Waals surface area contributed by atoms with Gasteiger partial charge in [0.15, 0.2) is 11.5 Å². The highest BCUT2D eigenvalue weighted by molar-refractivity contribution is 5.99. The predicted molar refractivity (Wildman–Crippen MR) is 127 cm³/mol. The molecule has 0 fully saturated rings. The predicted octanol–water partition coefficient (Wildman–Crippen LogP) is 4.71. The van der Waals surface area contributed by atoms with Crippen molar-refractivity contribution in [3.63, 3.8) is 0 Å². The Morgan fingerprint density at radius 2 is 1.68 bits per heavy atom. The van der Waals surface area contributed by atoms with Crippen LogP contribution in [0.5, 0.6) is 17.2 Å². The van der Waals surface area contributed by atoms with E-state index in [4.69, 9.17) is 9.47 Å². The van der Waals surface area contributed by atoms with Crippen LogP contribution in [0.15, 0.2) is 60.7 Å². The van der Waals surface area contributed by atoms with E-state index in [0.29, 0.717) is 0 Å². The number of carbonyl (C=O) groups is 2. The zero-order valence-electron chi connectivity index (χ0n) is 20.1. The number of halogens is 4. The molecule has 1 amide bonds. The van der Waals surface area contributed by atoms with Gasteiger partial charge in [0.2, 0.25) is 0 Å². The molecule has 0 radical (unpaired) electrons. The minimum Gasteiger partial charge on any atom is -0.493 e. The molecule has 0 saturated carbocycles. The molecule has 38 heavy (non-hydrogen) atoms. The Labute approximate surface area is 214 Å². The van der Waals surface area contributed by atoms with Gasteiger partial charge in [-0.2, -0.15) is 0 Å². The lowest BCUT2D eigenvalue weighted by molar-refractivity contribution is -0.274. The van der Waals surface area contributed by atoms with Crippen molar-refractivity contribution in [3.05, 3.63) is 88.7 Å². The van der Waals surface area contributed by atoms with Crippen LogP contribution in [0.1, 0.15) is 27.0 Å². The number of hydrogen-bond donors (Lipinski definition) is 2. The van der Waals surface area contributed by atoms with Crippen LogP contribution in [-0.2, 0) is 24.1 Å². The van der Waals surface area contributed by atoms with E-state index in [1.54, 1.807) is 12.1 Å². The largest absolute Gasteiger partial charge is 0.573 e. The molecule has 4 rings (SSSR count). The summed E-state index contributed by atoms with van der Waals surface area (Å²) in [6.07, 6.45) is -4.76. The highest BCUT2D eigenvalue weighted by Crippen LogP contribution is 2.32. The third-order valence-electron chi connectivity index (χ3n) is 6.17. The lowest BCUT2D eigenvalue weighted by atomic mass is 9.95. The molecule has 0 aliphatic heterocycles. The second-order valence-electron chi connectivity index (χ2n) is 8.73. The van der Waals surface area contributed by atoms with Gasteiger partial charge in [0.25, 0.3) is 5.91 Å². The number of nitrogens with one attached hydrogen (secondary N) is 1. The molecular weight excluding hydrogens is 510 g/mol. The zero-order chi connectivity index (χ0) is 27.5. The lowest BCUT2D eigenvalue weighted by Gasteiger charge is -2.25. The maximum atomic E-state index is 14.1. The van der Waals surface area contributed by atoms with Gasteiger partial charge in [-0.1, -0.05) is 24.3 Å². The Balaban J connectivity index is 1.47. The topological polar surface area (TPSA) is 94.1 Å². The van der Waals surface area contributed by atoms with E-state index < -0.39 is 35.3 Å². The first-order valence-corrected chi connectivity index (χ1v) is 11.5. The molecule has 11 heteroatoms. The summed E-state index contributed by atoms with van der Waals surface area (Å²) in [6.45, 7) is -0.164. The molecule has 3 aromatic rings. The quantitative estimate of drug-likeness (QED) is 0.387. The van der Waals surface area contributed by atoms with E-state index in [1.165, 1.54) is 25.3 Å². The minimum absolute atomic E-state index is 0.0659. The number of aliphatic carboxylic acids is 1. The maximum Gasteiger partial charge on any atom is 0.573 e. The normalized spacial score (nSPS) is 13.9. The molecule has 2 N–H and O–H groups in total. The number of carboxylic acids is 1. The Bertz CT molecular complexity index is 1330. The van der Waals surface area contributed by atoms with Gasteiger partial charge < -0.3 is 24.6 Å². The number of alkyl halides is 3. The maximum absolute atomic E-state index is 14.1. The molecule has 0 aromatic heterocycles. The number of carboxylic acid groups (broad SMARTS) is 1. The Kier molecular flexibility index (Phi) is 7.47. The molecule has 0 atom stereocenters. The van der Waals surface area contributed by atoms with Crippen molar-refractivity contribution < 1.29 is 46.5 Å². The fraction of sp³-hybridized carbons (Fsp3) is 0.259. The van der Waals surface area contributed by atoms with Crippen molar-refractivity contribution in [3.8, 4) is 17.2 Å². The van der Waals surface area contributed by atoms with Gasteiger partial charge in [-0.05, 0) is 53.1 Å². The molecule has 3 aromatic carbocycles. The molecule has 0 saturated heterocycles. The second kappa shape index (κ2) is 10.6. The SMILES string of the molecule is COc1ccc(C(=O)NC2(C(=O)O)Cc3ccccc3C2)cc1OCCc1cc(OC(F)(F)F)ccc1F. The van der Waals surface area contributed by atoms with Crippen LogP contribution in [0.3, 0.4) is 0 Å². The Morgan fingerprint density at radius 3 is 2.29 bits per heavy atom. The van der Waals surface area contributed by atoms with E-state index in [2.05, 4.69) is 10.1 Å². The summed E-state index contributed by atoms with van der Waals surface area (Å²) >= 11 is 0. The summed E-state index contributed by atoms with van der Waals surface area (Å²) in [4.78, 5) is 25.2. The summed E-state index contributed by atoms with van der Waals surface area (Å²) in [5, 5.41) is 12.6. The number of rotatable bonds is 9. The average Bonchev–Trinajstić information content (AvgIpc) is 3.24. The van der Waals surface area contributed by atoms with E-state index in [9.17, 15) is 32.3 Å². The number of carbonyl (C=O) groups excluding carboxylic acids is 1. The molecule has 7 nitrogen and oxygen atoms in total. The van der Waals surface area contributed by atoms with Crippen LogP contribution in [0.2, 0.25) is 0 Å². The summed E-state index contributed by atoms with van der Waals surface area (Å²) in [6, 6.07) is 14.2.